The summed E-state index contributed by atoms with van der Waals surface area (Å²) >= 11 is 0. The van der Waals surface area contributed by atoms with Crippen LogP contribution in [-0.2, 0) is 14.4 Å². The average Bonchev–Trinajstić information content (AvgIpc) is 3.18. The summed E-state index contributed by atoms with van der Waals surface area (Å²) in [7, 11) is 0. The average molecular weight is 400 g/mol. The minimum atomic E-state index is -0.669. The standard InChI is InChI=1S/C20H28N6O3/c21-18(27)14-6-4-10-25(13-14)11-5-9-23-20(29)16-12-17(19(22)28)26(24-16)15-7-2-1-3-8-15/h1-3,7-8,14,17H,4-6,9-13H2,(H2,21,27)(H2,22,28)(H,23,29). The number of hydrazone groups is 1. The fourth-order valence-corrected chi connectivity index (χ4v) is 3.79. The summed E-state index contributed by atoms with van der Waals surface area (Å²) in [6.07, 6.45) is 2.75. The molecule has 2 unspecified atom stereocenters. The topological polar surface area (TPSA) is 134 Å². The number of nitrogens with one attached hydrogen (secondary N) is 1. The fraction of sp³-hybridized carbons (Fsp3) is 0.500. The molecule has 2 atom stereocenters. The zero-order valence-electron chi connectivity index (χ0n) is 16.4. The molecule has 1 aromatic rings. The number of benzene rings is 1. The summed E-state index contributed by atoms with van der Waals surface area (Å²) < 4.78 is 0. The number of carbonyl (C=O) groups excluding carboxylic acids is 3. The number of primary amides is 2. The van der Waals surface area contributed by atoms with Gasteiger partial charge in [-0.25, -0.2) is 0 Å². The molecule has 9 nitrogen and oxygen atoms in total. The largest absolute Gasteiger partial charge is 0.369 e. The molecular formula is C20H28N6O3. The van der Waals surface area contributed by atoms with Gasteiger partial charge in [0, 0.05) is 19.5 Å². The van der Waals surface area contributed by atoms with Crippen molar-refractivity contribution in [3.05, 3.63) is 30.3 Å². The van der Waals surface area contributed by atoms with Crippen molar-refractivity contribution in [2.24, 2.45) is 22.5 Å². The van der Waals surface area contributed by atoms with E-state index in [1.807, 2.05) is 30.3 Å². The zero-order valence-corrected chi connectivity index (χ0v) is 16.4. The minimum Gasteiger partial charge on any atom is -0.369 e. The Morgan fingerprint density at radius 1 is 1.14 bits per heavy atom. The first kappa shape index (κ1) is 20.8. The van der Waals surface area contributed by atoms with Gasteiger partial charge in [-0.1, -0.05) is 18.2 Å². The molecule has 0 bridgehead atoms. The summed E-state index contributed by atoms with van der Waals surface area (Å²) in [6, 6.07) is 8.51. The Bertz CT molecular complexity index is 782. The van der Waals surface area contributed by atoms with Gasteiger partial charge in [0.1, 0.15) is 11.8 Å². The third-order valence-corrected chi connectivity index (χ3v) is 5.37. The van der Waals surface area contributed by atoms with E-state index >= 15 is 0 Å². The summed E-state index contributed by atoms with van der Waals surface area (Å²) in [5, 5.41) is 8.71. The van der Waals surface area contributed by atoms with Crippen LogP contribution in [0.1, 0.15) is 25.7 Å². The highest BCUT2D eigenvalue weighted by molar-refractivity contribution is 6.40. The molecule has 0 radical (unpaired) electrons. The molecule has 0 spiro atoms. The molecule has 0 saturated carbocycles. The van der Waals surface area contributed by atoms with Crippen molar-refractivity contribution < 1.29 is 14.4 Å². The van der Waals surface area contributed by atoms with Gasteiger partial charge in [-0.2, -0.15) is 5.10 Å². The number of amides is 3. The number of nitrogens with zero attached hydrogens (tertiary/aromatic N) is 3. The third kappa shape index (κ3) is 5.32. The van der Waals surface area contributed by atoms with E-state index in [1.54, 1.807) is 0 Å². The molecule has 1 fully saturated rings. The van der Waals surface area contributed by atoms with Gasteiger partial charge in [-0.15, -0.1) is 0 Å². The number of hydrogen-bond donors (Lipinski definition) is 3. The summed E-state index contributed by atoms with van der Waals surface area (Å²) in [5.41, 5.74) is 11.9. The van der Waals surface area contributed by atoms with Gasteiger partial charge in [0.15, 0.2) is 0 Å². The lowest BCUT2D eigenvalue weighted by Crippen LogP contribution is -2.42. The maximum absolute atomic E-state index is 12.5. The van der Waals surface area contributed by atoms with Crippen LogP contribution in [0.2, 0.25) is 0 Å². The van der Waals surface area contributed by atoms with E-state index in [-0.39, 0.29) is 24.2 Å². The highest BCUT2D eigenvalue weighted by Gasteiger charge is 2.34. The van der Waals surface area contributed by atoms with Crippen LogP contribution in [0.3, 0.4) is 0 Å². The van der Waals surface area contributed by atoms with Crippen LogP contribution in [0.15, 0.2) is 35.4 Å². The Kier molecular flexibility index (Phi) is 6.82. The van der Waals surface area contributed by atoms with Crippen molar-refractivity contribution in [1.82, 2.24) is 10.2 Å². The van der Waals surface area contributed by atoms with Gasteiger partial charge in [0.25, 0.3) is 5.91 Å². The predicted octanol–water partition coefficient (Wildman–Crippen LogP) is -0.190. The van der Waals surface area contributed by atoms with E-state index < -0.39 is 11.9 Å². The van der Waals surface area contributed by atoms with E-state index in [2.05, 4.69) is 15.3 Å². The number of nitrogens with two attached hydrogens (primary N) is 2. The number of anilines is 1. The molecule has 1 aromatic carbocycles. The molecule has 156 valence electrons. The van der Waals surface area contributed by atoms with E-state index in [0.717, 1.165) is 32.4 Å². The Morgan fingerprint density at radius 2 is 1.90 bits per heavy atom. The van der Waals surface area contributed by atoms with Crippen molar-refractivity contribution in [1.29, 1.82) is 0 Å². The van der Waals surface area contributed by atoms with Crippen LogP contribution in [0, 0.1) is 5.92 Å². The first-order chi connectivity index (χ1) is 14.0. The molecule has 3 rings (SSSR count). The first-order valence-electron chi connectivity index (χ1n) is 9.96. The lowest BCUT2D eigenvalue weighted by molar-refractivity contribution is -0.123. The fourth-order valence-electron chi connectivity index (χ4n) is 3.79. The molecule has 29 heavy (non-hydrogen) atoms. The van der Waals surface area contributed by atoms with Gasteiger partial charge in [-0.05, 0) is 44.5 Å². The highest BCUT2D eigenvalue weighted by atomic mass is 16.2. The van der Waals surface area contributed by atoms with E-state index in [1.165, 1.54) is 5.01 Å². The van der Waals surface area contributed by atoms with Gasteiger partial charge >= 0.3 is 0 Å². The summed E-state index contributed by atoms with van der Waals surface area (Å²) in [5.74, 6) is -1.13. The Morgan fingerprint density at radius 3 is 2.59 bits per heavy atom. The lowest BCUT2D eigenvalue weighted by atomic mass is 9.97. The molecule has 9 heteroatoms. The number of carbonyl (C=O) groups is 3. The molecule has 5 N–H and O–H groups in total. The van der Waals surface area contributed by atoms with E-state index in [9.17, 15) is 14.4 Å². The van der Waals surface area contributed by atoms with Crippen molar-refractivity contribution >= 4 is 29.1 Å². The second-order valence-corrected chi connectivity index (χ2v) is 7.50. The van der Waals surface area contributed by atoms with Gasteiger partial charge in [0.05, 0.1) is 11.6 Å². The van der Waals surface area contributed by atoms with Crippen LogP contribution >= 0.6 is 0 Å². The monoisotopic (exact) mass is 400 g/mol. The SMILES string of the molecule is NC(=O)C1CCCN(CCCNC(=O)C2=NN(c3ccccc3)C(C(N)=O)C2)C1. The number of para-hydroxylation sites is 1. The van der Waals surface area contributed by atoms with Crippen LogP contribution in [0.5, 0.6) is 0 Å². The third-order valence-electron chi connectivity index (χ3n) is 5.37. The van der Waals surface area contributed by atoms with Gasteiger partial charge in [0.2, 0.25) is 11.8 Å². The normalized spacial score (nSPS) is 22.2. The smallest absolute Gasteiger partial charge is 0.267 e. The minimum absolute atomic E-state index is 0.0825. The maximum Gasteiger partial charge on any atom is 0.267 e. The molecule has 0 aliphatic carbocycles. The van der Waals surface area contributed by atoms with Crippen molar-refractivity contribution in [3.8, 4) is 0 Å². The molecular weight excluding hydrogens is 372 g/mol. The van der Waals surface area contributed by atoms with Crippen molar-refractivity contribution in [2.75, 3.05) is 31.2 Å². The van der Waals surface area contributed by atoms with Crippen molar-refractivity contribution in [3.63, 3.8) is 0 Å². The molecule has 2 aliphatic rings. The Labute approximate surface area is 170 Å². The second-order valence-electron chi connectivity index (χ2n) is 7.50. The van der Waals surface area contributed by atoms with Crippen LogP contribution in [0.25, 0.3) is 0 Å². The van der Waals surface area contributed by atoms with Gasteiger partial charge < -0.3 is 21.7 Å². The Balaban J connectivity index is 1.49. The van der Waals surface area contributed by atoms with Crippen LogP contribution in [0.4, 0.5) is 5.69 Å². The number of hydrogen-bond acceptors (Lipinski definition) is 6. The van der Waals surface area contributed by atoms with Crippen molar-refractivity contribution in [2.45, 2.75) is 31.7 Å². The zero-order chi connectivity index (χ0) is 20.8. The number of rotatable bonds is 8. The number of likely N-dealkylation sites (tertiary alicyclic amines) is 1. The quantitative estimate of drug-likeness (QED) is 0.520. The molecule has 2 heterocycles. The molecule has 2 aliphatic heterocycles. The van der Waals surface area contributed by atoms with E-state index in [4.69, 9.17) is 11.5 Å². The van der Waals surface area contributed by atoms with E-state index in [0.29, 0.717) is 24.5 Å². The molecule has 0 aromatic heterocycles. The molecule has 1 saturated heterocycles. The predicted molar refractivity (Wildman–Crippen MR) is 110 cm³/mol. The maximum atomic E-state index is 12.5. The van der Waals surface area contributed by atoms with Crippen LogP contribution < -0.4 is 21.8 Å². The van der Waals surface area contributed by atoms with Crippen LogP contribution in [-0.4, -0.2) is 60.6 Å². The lowest BCUT2D eigenvalue weighted by Gasteiger charge is -2.31. The second kappa shape index (κ2) is 9.51. The summed E-state index contributed by atoms with van der Waals surface area (Å²) in [6.45, 7) is 2.90. The number of piperidine rings is 1. The first-order valence-corrected chi connectivity index (χ1v) is 9.96. The molecule has 3 amide bonds. The van der Waals surface area contributed by atoms with Gasteiger partial charge in [-0.3, -0.25) is 19.4 Å². The summed E-state index contributed by atoms with van der Waals surface area (Å²) in [4.78, 5) is 37.9. The Hall–Kier alpha value is -2.94. The highest BCUT2D eigenvalue weighted by Crippen LogP contribution is 2.24.